The smallest absolute Gasteiger partial charge is 0.153 e. The van der Waals surface area contributed by atoms with Crippen LogP contribution in [0.5, 0.6) is 11.5 Å². The van der Waals surface area contributed by atoms with Gasteiger partial charge < -0.3 is 10.1 Å². The number of rotatable bonds is 3. The van der Waals surface area contributed by atoms with Gasteiger partial charge in [-0.1, -0.05) is 48.5 Å². The number of fused-ring (bicyclic) bond motifs is 4. The lowest BCUT2D eigenvalue weighted by molar-refractivity contribution is 0.487. The fraction of sp³-hybridized carbons (Fsp3) is 0.222. The molecule has 4 aromatic rings. The summed E-state index contributed by atoms with van der Waals surface area (Å²) in [6, 6.07) is 23.2. The molecule has 0 spiro atoms. The van der Waals surface area contributed by atoms with E-state index in [9.17, 15) is 0 Å². The summed E-state index contributed by atoms with van der Waals surface area (Å²) in [4.78, 5) is 5.06. The number of anilines is 1. The van der Waals surface area contributed by atoms with E-state index in [2.05, 4.69) is 48.6 Å². The van der Waals surface area contributed by atoms with E-state index in [4.69, 9.17) is 9.72 Å². The molecule has 0 unspecified atom stereocenters. The van der Waals surface area contributed by atoms with Crippen molar-refractivity contribution in [3.8, 4) is 11.5 Å². The van der Waals surface area contributed by atoms with Gasteiger partial charge in [0.15, 0.2) is 5.75 Å². The molecule has 3 nitrogen and oxygen atoms in total. The molecule has 2 aliphatic rings. The van der Waals surface area contributed by atoms with Gasteiger partial charge >= 0.3 is 0 Å². The third-order valence-corrected chi connectivity index (χ3v) is 6.58. The van der Waals surface area contributed by atoms with Crippen molar-refractivity contribution in [1.29, 1.82) is 0 Å². The highest BCUT2D eigenvalue weighted by Gasteiger charge is 2.28. The fourth-order valence-electron chi connectivity index (χ4n) is 5.16. The number of aryl methyl sites for hydroxylation is 1. The minimum Gasteiger partial charge on any atom is -0.455 e. The molecule has 0 bridgehead atoms. The number of nitrogens with zero attached hydrogens (tertiary/aromatic N) is 1. The molecule has 0 atom stereocenters. The lowest BCUT2D eigenvalue weighted by Crippen LogP contribution is -2.04. The standard InChI is InChI=1S/C27H24N2O/c1-17-22-13-14-28-26(22)25-23(20-15-18-7-5-6-8-19(18)16-20)11-12-24(27(25)29-17)30-21-9-3-2-4-10-21/h2-12,20,28H,13-16H2,1H3. The summed E-state index contributed by atoms with van der Waals surface area (Å²) in [7, 11) is 0. The Morgan fingerprint density at radius 1 is 0.900 bits per heavy atom. The zero-order valence-corrected chi connectivity index (χ0v) is 17.1. The lowest BCUT2D eigenvalue weighted by atomic mass is 9.90. The van der Waals surface area contributed by atoms with Crippen molar-refractivity contribution >= 4 is 16.6 Å². The van der Waals surface area contributed by atoms with Crippen molar-refractivity contribution < 1.29 is 4.74 Å². The van der Waals surface area contributed by atoms with Crippen molar-refractivity contribution in [3.05, 3.63) is 94.7 Å². The van der Waals surface area contributed by atoms with Crippen LogP contribution in [0, 0.1) is 6.92 Å². The lowest BCUT2D eigenvalue weighted by Gasteiger charge is -2.19. The molecule has 0 radical (unpaired) electrons. The summed E-state index contributed by atoms with van der Waals surface area (Å²) < 4.78 is 6.30. The Balaban J connectivity index is 1.53. The number of hydrogen-bond donors (Lipinski definition) is 1. The number of ether oxygens (including phenoxy) is 1. The average molecular weight is 393 g/mol. The van der Waals surface area contributed by atoms with Gasteiger partial charge in [0.1, 0.15) is 11.3 Å². The van der Waals surface area contributed by atoms with Crippen LogP contribution in [0.3, 0.4) is 0 Å². The van der Waals surface area contributed by atoms with Crippen molar-refractivity contribution in [2.45, 2.75) is 32.1 Å². The van der Waals surface area contributed by atoms with Crippen LogP contribution in [0.25, 0.3) is 10.9 Å². The molecule has 1 aromatic heterocycles. The summed E-state index contributed by atoms with van der Waals surface area (Å²) in [5.74, 6) is 2.15. The molecule has 148 valence electrons. The maximum absolute atomic E-state index is 6.30. The zero-order chi connectivity index (χ0) is 20.1. The first-order chi connectivity index (χ1) is 14.8. The van der Waals surface area contributed by atoms with Gasteiger partial charge in [-0.15, -0.1) is 0 Å². The van der Waals surface area contributed by atoms with E-state index in [1.54, 1.807) is 0 Å². The Morgan fingerprint density at radius 2 is 1.63 bits per heavy atom. The summed E-state index contributed by atoms with van der Waals surface area (Å²) in [5, 5.41) is 4.91. The van der Waals surface area contributed by atoms with Gasteiger partial charge in [-0.25, -0.2) is 4.98 Å². The molecule has 1 aliphatic carbocycles. The molecular weight excluding hydrogens is 368 g/mol. The number of aromatic nitrogens is 1. The Morgan fingerprint density at radius 3 is 2.40 bits per heavy atom. The second kappa shape index (κ2) is 6.88. The highest BCUT2D eigenvalue weighted by molar-refractivity contribution is 6.00. The minimum absolute atomic E-state index is 0.478. The van der Waals surface area contributed by atoms with Crippen molar-refractivity contribution in [1.82, 2.24) is 4.98 Å². The van der Waals surface area contributed by atoms with Gasteiger partial charge in [0.25, 0.3) is 0 Å². The molecule has 3 aromatic carbocycles. The minimum atomic E-state index is 0.478. The van der Waals surface area contributed by atoms with Crippen molar-refractivity contribution in [2.75, 3.05) is 11.9 Å². The van der Waals surface area contributed by atoms with Gasteiger partial charge in [0.2, 0.25) is 0 Å². The Bertz CT molecular complexity index is 1240. The predicted molar refractivity (Wildman–Crippen MR) is 122 cm³/mol. The molecule has 1 aliphatic heterocycles. The second-order valence-corrected chi connectivity index (χ2v) is 8.39. The first-order valence-corrected chi connectivity index (χ1v) is 10.8. The highest BCUT2D eigenvalue weighted by Crippen LogP contribution is 2.44. The molecule has 1 N–H and O–H groups in total. The van der Waals surface area contributed by atoms with Gasteiger partial charge in [-0.05, 0) is 72.6 Å². The number of para-hydroxylation sites is 1. The fourth-order valence-corrected chi connectivity index (χ4v) is 5.16. The molecule has 3 heteroatoms. The molecular formula is C27H24N2O. The molecule has 0 amide bonds. The Kier molecular flexibility index (Phi) is 4.02. The van der Waals surface area contributed by atoms with Crippen LogP contribution < -0.4 is 10.1 Å². The van der Waals surface area contributed by atoms with Crippen LogP contribution in [-0.4, -0.2) is 11.5 Å². The average Bonchev–Trinajstić information content (AvgIpc) is 3.43. The first kappa shape index (κ1) is 17.5. The molecule has 6 rings (SSSR count). The van der Waals surface area contributed by atoms with E-state index < -0.39 is 0 Å². The number of nitrogens with one attached hydrogen (secondary N) is 1. The topological polar surface area (TPSA) is 34.1 Å². The maximum atomic E-state index is 6.30. The second-order valence-electron chi connectivity index (χ2n) is 8.39. The van der Waals surface area contributed by atoms with E-state index in [0.29, 0.717) is 5.92 Å². The van der Waals surface area contributed by atoms with Crippen LogP contribution in [0.2, 0.25) is 0 Å². The normalized spacial score (nSPS) is 15.1. The van der Waals surface area contributed by atoms with Gasteiger partial charge in [-0.3, -0.25) is 0 Å². The number of hydrogen-bond acceptors (Lipinski definition) is 3. The zero-order valence-electron chi connectivity index (χ0n) is 17.1. The SMILES string of the molecule is Cc1nc2c(Oc3ccccc3)ccc(C3Cc4ccccc4C3)c2c2c1CCN2. The van der Waals surface area contributed by atoms with E-state index in [1.807, 2.05) is 30.3 Å². The van der Waals surface area contributed by atoms with Crippen LogP contribution in [0.1, 0.15) is 33.9 Å². The Hall–Kier alpha value is -3.33. The molecule has 30 heavy (non-hydrogen) atoms. The van der Waals surface area contributed by atoms with Crippen LogP contribution in [0.15, 0.2) is 66.7 Å². The van der Waals surface area contributed by atoms with E-state index in [0.717, 1.165) is 48.5 Å². The van der Waals surface area contributed by atoms with Gasteiger partial charge in [-0.2, -0.15) is 0 Å². The van der Waals surface area contributed by atoms with E-state index in [1.165, 1.54) is 33.3 Å². The maximum Gasteiger partial charge on any atom is 0.153 e. The van der Waals surface area contributed by atoms with Crippen LogP contribution in [0.4, 0.5) is 5.69 Å². The monoisotopic (exact) mass is 392 g/mol. The third-order valence-electron chi connectivity index (χ3n) is 6.58. The Labute approximate surface area is 176 Å². The number of pyridine rings is 1. The summed E-state index contributed by atoms with van der Waals surface area (Å²) in [6.07, 6.45) is 3.22. The quantitative estimate of drug-likeness (QED) is 0.452. The molecule has 2 heterocycles. The highest BCUT2D eigenvalue weighted by atomic mass is 16.5. The summed E-state index contributed by atoms with van der Waals surface area (Å²) >= 11 is 0. The van der Waals surface area contributed by atoms with E-state index in [-0.39, 0.29) is 0 Å². The first-order valence-electron chi connectivity index (χ1n) is 10.8. The van der Waals surface area contributed by atoms with Crippen LogP contribution >= 0.6 is 0 Å². The van der Waals surface area contributed by atoms with Gasteiger partial charge in [0.05, 0.1) is 0 Å². The summed E-state index contributed by atoms with van der Waals surface area (Å²) in [6.45, 7) is 3.10. The molecule has 0 saturated heterocycles. The van der Waals surface area contributed by atoms with E-state index >= 15 is 0 Å². The third kappa shape index (κ3) is 2.77. The van der Waals surface area contributed by atoms with Crippen molar-refractivity contribution in [3.63, 3.8) is 0 Å². The van der Waals surface area contributed by atoms with Crippen LogP contribution in [-0.2, 0) is 19.3 Å². The van der Waals surface area contributed by atoms with Crippen molar-refractivity contribution in [2.24, 2.45) is 0 Å². The largest absolute Gasteiger partial charge is 0.455 e. The molecule has 0 fully saturated rings. The number of benzene rings is 3. The molecule has 0 saturated carbocycles. The summed E-state index contributed by atoms with van der Waals surface area (Å²) in [5.41, 5.74) is 9.04. The van der Waals surface area contributed by atoms with Gasteiger partial charge in [0, 0.05) is 23.3 Å². The predicted octanol–water partition coefficient (Wildman–Crippen LogP) is 6.19.